The van der Waals surface area contributed by atoms with Gasteiger partial charge in [0.1, 0.15) is 5.82 Å². The first kappa shape index (κ1) is 14.9. The zero-order chi connectivity index (χ0) is 14.5. The highest BCUT2D eigenvalue weighted by Gasteiger charge is 2.33. The zero-order valence-electron chi connectivity index (χ0n) is 11.7. The molecule has 1 atom stereocenters. The van der Waals surface area contributed by atoms with Gasteiger partial charge in [-0.3, -0.25) is 4.79 Å². The van der Waals surface area contributed by atoms with E-state index in [-0.39, 0.29) is 17.8 Å². The van der Waals surface area contributed by atoms with Crippen LogP contribution < -0.4 is 5.73 Å². The molecule has 0 aromatic heterocycles. The zero-order valence-corrected chi connectivity index (χ0v) is 11.7. The summed E-state index contributed by atoms with van der Waals surface area (Å²) in [5, 5.41) is 0. The van der Waals surface area contributed by atoms with E-state index in [0.29, 0.717) is 25.6 Å². The molecule has 1 amide bonds. The number of methoxy groups -OCH3 is 1. The van der Waals surface area contributed by atoms with Crippen LogP contribution in [0.15, 0.2) is 24.3 Å². The van der Waals surface area contributed by atoms with Crippen molar-refractivity contribution in [3.63, 3.8) is 0 Å². The topological polar surface area (TPSA) is 55.6 Å². The van der Waals surface area contributed by atoms with Crippen LogP contribution in [-0.2, 0) is 16.1 Å². The van der Waals surface area contributed by atoms with Gasteiger partial charge in [0.25, 0.3) is 0 Å². The Balaban J connectivity index is 1.99. The largest absolute Gasteiger partial charge is 0.380 e. The van der Waals surface area contributed by atoms with Gasteiger partial charge in [0, 0.05) is 26.2 Å². The number of halogens is 1. The second-order valence-electron chi connectivity index (χ2n) is 5.18. The Labute approximate surface area is 118 Å². The average Bonchev–Trinajstić information content (AvgIpc) is 3.28. The van der Waals surface area contributed by atoms with E-state index >= 15 is 0 Å². The van der Waals surface area contributed by atoms with E-state index in [1.165, 1.54) is 12.1 Å². The maximum Gasteiger partial charge on any atom is 0.225 e. The minimum absolute atomic E-state index is 0.0501. The number of amides is 1. The van der Waals surface area contributed by atoms with E-state index < -0.39 is 0 Å². The van der Waals surface area contributed by atoms with Crippen molar-refractivity contribution in [2.24, 2.45) is 5.73 Å². The predicted molar refractivity (Wildman–Crippen MR) is 74.4 cm³/mol. The third-order valence-electron chi connectivity index (χ3n) is 3.57. The van der Waals surface area contributed by atoms with E-state index in [4.69, 9.17) is 10.5 Å². The van der Waals surface area contributed by atoms with Crippen LogP contribution in [0, 0.1) is 5.82 Å². The molecular weight excluding hydrogens is 259 g/mol. The van der Waals surface area contributed by atoms with Gasteiger partial charge < -0.3 is 15.4 Å². The van der Waals surface area contributed by atoms with Crippen molar-refractivity contribution < 1.29 is 13.9 Å². The molecule has 2 rings (SSSR count). The van der Waals surface area contributed by atoms with Crippen LogP contribution in [0.2, 0.25) is 0 Å². The molecule has 0 bridgehead atoms. The van der Waals surface area contributed by atoms with E-state index in [9.17, 15) is 9.18 Å². The summed E-state index contributed by atoms with van der Waals surface area (Å²) in [6.07, 6.45) is 2.13. The summed E-state index contributed by atoms with van der Waals surface area (Å²) in [4.78, 5) is 14.2. The lowest BCUT2D eigenvalue weighted by Gasteiger charge is -2.24. The van der Waals surface area contributed by atoms with Crippen LogP contribution in [0.3, 0.4) is 0 Å². The highest BCUT2D eigenvalue weighted by molar-refractivity contribution is 5.77. The van der Waals surface area contributed by atoms with Crippen molar-refractivity contribution >= 4 is 5.91 Å². The number of ether oxygens (including phenoxy) is 1. The van der Waals surface area contributed by atoms with Crippen molar-refractivity contribution in [2.45, 2.75) is 38.0 Å². The van der Waals surface area contributed by atoms with Gasteiger partial charge in [-0.25, -0.2) is 4.39 Å². The predicted octanol–water partition coefficient (Wildman–Crippen LogP) is 1.68. The standard InChI is InChI=1S/C15H21FN2O2/c1-20-14(9-17)8-15(19)18(13-6-7-13)10-11-2-4-12(16)5-3-11/h2-5,13-14H,6-10,17H2,1H3. The summed E-state index contributed by atoms with van der Waals surface area (Å²) < 4.78 is 18.1. The molecule has 1 aromatic rings. The molecule has 1 fully saturated rings. The molecule has 4 nitrogen and oxygen atoms in total. The molecule has 20 heavy (non-hydrogen) atoms. The number of carbonyl (C=O) groups is 1. The van der Waals surface area contributed by atoms with Crippen molar-refractivity contribution in [1.29, 1.82) is 0 Å². The number of hydrogen-bond donors (Lipinski definition) is 1. The van der Waals surface area contributed by atoms with Gasteiger partial charge in [0.15, 0.2) is 0 Å². The third-order valence-corrected chi connectivity index (χ3v) is 3.57. The number of nitrogens with two attached hydrogens (primary N) is 1. The van der Waals surface area contributed by atoms with Gasteiger partial charge in [-0.2, -0.15) is 0 Å². The third kappa shape index (κ3) is 4.02. The lowest BCUT2D eigenvalue weighted by Crippen LogP contribution is -2.37. The summed E-state index contributed by atoms with van der Waals surface area (Å²) in [7, 11) is 1.56. The molecule has 2 N–H and O–H groups in total. The van der Waals surface area contributed by atoms with Gasteiger partial charge in [-0.05, 0) is 30.5 Å². The molecule has 110 valence electrons. The lowest BCUT2D eigenvalue weighted by molar-refractivity contribution is -0.134. The fraction of sp³-hybridized carbons (Fsp3) is 0.533. The van der Waals surface area contributed by atoms with Crippen molar-refractivity contribution in [1.82, 2.24) is 4.90 Å². The van der Waals surface area contributed by atoms with Gasteiger partial charge in [0.05, 0.1) is 12.5 Å². The Bertz CT molecular complexity index is 442. The van der Waals surface area contributed by atoms with E-state index in [2.05, 4.69) is 0 Å². The first-order chi connectivity index (χ1) is 9.63. The molecule has 0 heterocycles. The summed E-state index contributed by atoms with van der Waals surface area (Å²) in [6.45, 7) is 0.849. The van der Waals surface area contributed by atoms with E-state index in [0.717, 1.165) is 18.4 Å². The highest BCUT2D eigenvalue weighted by atomic mass is 19.1. The number of rotatable bonds is 7. The van der Waals surface area contributed by atoms with Crippen LogP contribution >= 0.6 is 0 Å². The fourth-order valence-corrected chi connectivity index (χ4v) is 2.17. The molecule has 1 aliphatic carbocycles. The molecular formula is C15H21FN2O2. The molecule has 1 saturated carbocycles. The lowest BCUT2D eigenvalue weighted by atomic mass is 10.1. The van der Waals surface area contributed by atoms with Crippen LogP contribution in [0.1, 0.15) is 24.8 Å². The summed E-state index contributed by atoms with van der Waals surface area (Å²) in [5.41, 5.74) is 6.49. The first-order valence-corrected chi connectivity index (χ1v) is 6.90. The average molecular weight is 280 g/mol. The monoisotopic (exact) mass is 280 g/mol. The second kappa shape index (κ2) is 6.81. The van der Waals surface area contributed by atoms with E-state index in [1.807, 2.05) is 4.90 Å². The number of benzene rings is 1. The normalized spacial score (nSPS) is 15.9. The molecule has 0 saturated heterocycles. The summed E-state index contributed by atoms with van der Waals surface area (Å²) >= 11 is 0. The Kier molecular flexibility index (Phi) is 5.09. The Hall–Kier alpha value is -1.46. The summed E-state index contributed by atoms with van der Waals surface area (Å²) in [6, 6.07) is 6.58. The van der Waals surface area contributed by atoms with E-state index in [1.54, 1.807) is 19.2 Å². The van der Waals surface area contributed by atoms with Gasteiger partial charge >= 0.3 is 0 Å². The molecule has 5 heteroatoms. The van der Waals surface area contributed by atoms with Crippen LogP contribution in [-0.4, -0.2) is 36.6 Å². The highest BCUT2D eigenvalue weighted by Crippen LogP contribution is 2.29. The van der Waals surface area contributed by atoms with Crippen molar-refractivity contribution in [3.8, 4) is 0 Å². The SMILES string of the molecule is COC(CN)CC(=O)N(Cc1ccc(F)cc1)C1CC1. The molecule has 1 unspecified atom stereocenters. The number of nitrogens with zero attached hydrogens (tertiary/aromatic N) is 1. The Morgan fingerprint density at radius 3 is 2.60 bits per heavy atom. The number of hydrogen-bond acceptors (Lipinski definition) is 3. The van der Waals surface area contributed by atoms with Crippen LogP contribution in [0.25, 0.3) is 0 Å². The molecule has 1 aromatic carbocycles. The molecule has 0 spiro atoms. The quantitative estimate of drug-likeness (QED) is 0.826. The first-order valence-electron chi connectivity index (χ1n) is 6.90. The minimum Gasteiger partial charge on any atom is -0.380 e. The summed E-state index contributed by atoms with van der Waals surface area (Å²) in [5.74, 6) is -0.213. The molecule has 0 aliphatic heterocycles. The van der Waals surface area contributed by atoms with Crippen molar-refractivity contribution in [3.05, 3.63) is 35.6 Å². The fourth-order valence-electron chi connectivity index (χ4n) is 2.17. The smallest absolute Gasteiger partial charge is 0.225 e. The molecule has 1 aliphatic rings. The Morgan fingerprint density at radius 2 is 2.10 bits per heavy atom. The van der Waals surface area contributed by atoms with Gasteiger partial charge in [-0.1, -0.05) is 12.1 Å². The van der Waals surface area contributed by atoms with Crippen LogP contribution in [0.4, 0.5) is 4.39 Å². The number of carbonyl (C=O) groups excluding carboxylic acids is 1. The molecule has 0 radical (unpaired) electrons. The van der Waals surface area contributed by atoms with Gasteiger partial charge in [-0.15, -0.1) is 0 Å². The maximum atomic E-state index is 12.9. The minimum atomic E-state index is -0.263. The second-order valence-corrected chi connectivity index (χ2v) is 5.18. The van der Waals surface area contributed by atoms with Gasteiger partial charge in [0.2, 0.25) is 5.91 Å². The van der Waals surface area contributed by atoms with Crippen molar-refractivity contribution in [2.75, 3.05) is 13.7 Å². The Morgan fingerprint density at radius 1 is 1.45 bits per heavy atom. The maximum absolute atomic E-state index is 12.9. The van der Waals surface area contributed by atoms with Crippen LogP contribution in [0.5, 0.6) is 0 Å².